The molecule has 1 fully saturated rings. The van der Waals surface area contributed by atoms with Gasteiger partial charge in [0.2, 0.25) is 0 Å². The van der Waals surface area contributed by atoms with Crippen LogP contribution in [0.3, 0.4) is 0 Å². The maximum absolute atomic E-state index is 11.8. The lowest BCUT2D eigenvalue weighted by Crippen LogP contribution is -2.14. The van der Waals surface area contributed by atoms with E-state index in [4.69, 9.17) is 0 Å². The number of nitrogens with zero attached hydrogens (tertiary/aromatic N) is 5. The molecule has 1 saturated heterocycles. The minimum absolute atomic E-state index is 0.0824. The lowest BCUT2D eigenvalue weighted by molar-refractivity contribution is 0.486. The van der Waals surface area contributed by atoms with Crippen molar-refractivity contribution >= 4 is 42.3 Å². The Labute approximate surface area is 149 Å². The molecule has 3 aromatic heterocycles. The third kappa shape index (κ3) is 2.73. The van der Waals surface area contributed by atoms with Crippen molar-refractivity contribution in [2.75, 3.05) is 16.8 Å². The number of nitrogens with one attached hydrogen (secondary N) is 1. The molecule has 0 saturated carbocycles. The predicted molar refractivity (Wildman–Crippen MR) is 98.4 cm³/mol. The highest BCUT2D eigenvalue weighted by Crippen LogP contribution is 2.34. The minimum atomic E-state index is -2.94. The smallest absolute Gasteiger partial charge is 0.190 e. The van der Waals surface area contributed by atoms with Crippen molar-refractivity contribution in [1.82, 2.24) is 24.5 Å². The first-order chi connectivity index (χ1) is 11.7. The average Bonchev–Trinajstić information content (AvgIpc) is 3.23. The number of sulfone groups is 1. The van der Waals surface area contributed by atoms with Gasteiger partial charge >= 0.3 is 0 Å². The predicted octanol–water partition coefficient (Wildman–Crippen LogP) is 2.25. The molecule has 1 N–H and O–H groups in total. The van der Waals surface area contributed by atoms with Crippen LogP contribution in [-0.4, -0.2) is 44.5 Å². The van der Waals surface area contributed by atoms with Crippen molar-refractivity contribution < 1.29 is 8.42 Å². The molecule has 0 unspecified atom stereocenters. The van der Waals surface area contributed by atoms with Gasteiger partial charge in [0.05, 0.1) is 45.0 Å². The zero-order valence-electron chi connectivity index (χ0n) is 14.6. The first-order valence-corrected chi connectivity index (χ1v) is 10.7. The monoisotopic (exact) mass is 380 g/mol. The van der Waals surface area contributed by atoms with Gasteiger partial charge in [0.1, 0.15) is 0 Å². The highest BCUT2D eigenvalue weighted by Gasteiger charge is 2.31. The van der Waals surface area contributed by atoms with Gasteiger partial charge in [0.15, 0.2) is 20.6 Å². The van der Waals surface area contributed by atoms with Crippen molar-refractivity contribution in [2.24, 2.45) is 7.05 Å². The molecule has 25 heavy (non-hydrogen) atoms. The van der Waals surface area contributed by atoms with Gasteiger partial charge in [0, 0.05) is 7.05 Å². The molecule has 4 rings (SSSR count). The van der Waals surface area contributed by atoms with Crippen LogP contribution in [0.4, 0.5) is 10.8 Å². The molecule has 4 heterocycles. The van der Waals surface area contributed by atoms with Gasteiger partial charge < -0.3 is 5.32 Å². The van der Waals surface area contributed by atoms with Gasteiger partial charge in [0.25, 0.3) is 0 Å². The van der Waals surface area contributed by atoms with Gasteiger partial charge in [-0.2, -0.15) is 10.2 Å². The SMILES string of the molecule is Cc1nn([C@@H]2CCS(=O)(=O)C2)c(C)c1Nc1nc2c(s1)c(C)nn2C. The summed E-state index contributed by atoms with van der Waals surface area (Å²) in [6, 6.07) is -0.0824. The number of hydrogen-bond donors (Lipinski definition) is 1. The number of aromatic nitrogens is 5. The van der Waals surface area contributed by atoms with Crippen LogP contribution < -0.4 is 5.32 Å². The van der Waals surface area contributed by atoms with Crippen molar-refractivity contribution in [1.29, 1.82) is 0 Å². The number of aryl methyl sites for hydroxylation is 3. The fourth-order valence-corrected chi connectivity index (χ4v) is 6.04. The third-order valence-electron chi connectivity index (χ3n) is 4.66. The maximum Gasteiger partial charge on any atom is 0.190 e. The van der Waals surface area contributed by atoms with E-state index in [9.17, 15) is 8.42 Å². The second kappa shape index (κ2) is 5.53. The van der Waals surface area contributed by atoms with E-state index in [0.717, 1.165) is 38.2 Å². The largest absolute Gasteiger partial charge is 0.328 e. The first kappa shape index (κ1) is 16.5. The van der Waals surface area contributed by atoms with Gasteiger partial charge in [-0.1, -0.05) is 11.3 Å². The number of rotatable bonds is 3. The molecule has 0 spiro atoms. The van der Waals surface area contributed by atoms with Crippen LogP contribution in [0.15, 0.2) is 0 Å². The minimum Gasteiger partial charge on any atom is -0.328 e. The van der Waals surface area contributed by atoms with Crippen LogP contribution in [0.25, 0.3) is 10.3 Å². The van der Waals surface area contributed by atoms with Crippen molar-refractivity contribution in [3.63, 3.8) is 0 Å². The standard InChI is InChI=1S/C15H20N6O2S2/c1-8-12(10(3)21(19-8)11-5-6-25(22,23)7-11)16-15-17-14-13(24-15)9(2)18-20(14)4/h11H,5-7H2,1-4H3,(H,16,17)/t11-/m1/s1. The summed E-state index contributed by atoms with van der Waals surface area (Å²) in [7, 11) is -1.06. The summed E-state index contributed by atoms with van der Waals surface area (Å²) in [5.41, 5.74) is 4.50. The van der Waals surface area contributed by atoms with Gasteiger partial charge in [-0.3, -0.25) is 4.68 Å². The summed E-state index contributed by atoms with van der Waals surface area (Å²) in [5, 5.41) is 13.1. The lowest BCUT2D eigenvalue weighted by atomic mass is 10.2. The quantitative estimate of drug-likeness (QED) is 0.749. The van der Waals surface area contributed by atoms with Crippen molar-refractivity contribution in [3.8, 4) is 0 Å². The van der Waals surface area contributed by atoms with Crippen molar-refractivity contribution in [3.05, 3.63) is 17.1 Å². The summed E-state index contributed by atoms with van der Waals surface area (Å²) in [4.78, 5) is 4.62. The Morgan fingerprint density at radius 3 is 2.60 bits per heavy atom. The molecule has 1 aliphatic rings. The molecular formula is C15H20N6O2S2. The molecule has 0 aromatic carbocycles. The summed E-state index contributed by atoms with van der Waals surface area (Å²) < 4.78 is 28.2. The molecule has 0 aliphatic carbocycles. The molecule has 1 atom stereocenters. The van der Waals surface area contributed by atoms with E-state index >= 15 is 0 Å². The van der Waals surface area contributed by atoms with E-state index in [1.54, 1.807) is 16.0 Å². The van der Waals surface area contributed by atoms with Crippen molar-refractivity contribution in [2.45, 2.75) is 33.2 Å². The second-order valence-corrected chi connectivity index (χ2v) is 9.78. The highest BCUT2D eigenvalue weighted by atomic mass is 32.2. The van der Waals surface area contributed by atoms with Crippen LogP contribution in [0.1, 0.15) is 29.5 Å². The zero-order valence-corrected chi connectivity index (χ0v) is 16.2. The van der Waals surface area contributed by atoms with E-state index in [2.05, 4.69) is 20.5 Å². The number of anilines is 2. The Bertz CT molecular complexity index is 1040. The van der Waals surface area contributed by atoms with Crippen LogP contribution in [0.5, 0.6) is 0 Å². The molecule has 10 heteroatoms. The van der Waals surface area contributed by atoms with E-state index in [1.165, 1.54) is 0 Å². The Morgan fingerprint density at radius 1 is 1.20 bits per heavy atom. The maximum atomic E-state index is 11.8. The molecule has 0 bridgehead atoms. The molecular weight excluding hydrogens is 360 g/mol. The normalized spacial score (nSPS) is 19.8. The molecule has 1 aliphatic heterocycles. The Hall–Kier alpha value is -1.94. The second-order valence-electron chi connectivity index (χ2n) is 6.55. The molecule has 3 aromatic rings. The summed E-state index contributed by atoms with van der Waals surface area (Å²) in [6.45, 7) is 5.86. The Balaban J connectivity index is 1.67. The Morgan fingerprint density at radius 2 is 1.96 bits per heavy atom. The van der Waals surface area contributed by atoms with E-state index in [0.29, 0.717) is 6.42 Å². The van der Waals surface area contributed by atoms with Gasteiger partial charge in [-0.25, -0.2) is 18.1 Å². The summed E-state index contributed by atoms with van der Waals surface area (Å²) >= 11 is 1.56. The molecule has 134 valence electrons. The molecule has 0 amide bonds. The van der Waals surface area contributed by atoms with Gasteiger partial charge in [-0.15, -0.1) is 0 Å². The topological polar surface area (TPSA) is 94.7 Å². The lowest BCUT2D eigenvalue weighted by Gasteiger charge is -2.11. The fraction of sp³-hybridized carbons (Fsp3) is 0.533. The van der Waals surface area contributed by atoms with Crippen LogP contribution in [0.2, 0.25) is 0 Å². The number of hydrogen-bond acceptors (Lipinski definition) is 7. The molecule has 0 radical (unpaired) electrons. The van der Waals surface area contributed by atoms with Crippen LogP contribution >= 0.6 is 11.3 Å². The van der Waals surface area contributed by atoms with Crippen LogP contribution in [-0.2, 0) is 16.9 Å². The first-order valence-electron chi connectivity index (χ1n) is 8.08. The van der Waals surface area contributed by atoms with E-state index in [-0.39, 0.29) is 17.5 Å². The highest BCUT2D eigenvalue weighted by molar-refractivity contribution is 7.91. The van der Waals surface area contributed by atoms with E-state index in [1.807, 2.05) is 32.5 Å². The number of thiazole rings is 1. The third-order valence-corrected chi connectivity index (χ3v) is 7.47. The molecule has 8 nitrogen and oxygen atoms in total. The zero-order chi connectivity index (χ0) is 17.9. The summed E-state index contributed by atoms with van der Waals surface area (Å²) in [5.74, 6) is 0.406. The average molecular weight is 380 g/mol. The van der Waals surface area contributed by atoms with Gasteiger partial charge in [-0.05, 0) is 27.2 Å². The number of fused-ring (bicyclic) bond motifs is 1. The van der Waals surface area contributed by atoms with E-state index < -0.39 is 9.84 Å². The Kier molecular flexibility index (Phi) is 3.66. The van der Waals surface area contributed by atoms with Crippen LogP contribution in [0, 0.1) is 20.8 Å². The summed E-state index contributed by atoms with van der Waals surface area (Å²) in [6.07, 6.45) is 0.621. The fourth-order valence-electron chi connectivity index (χ4n) is 3.41.